The maximum Gasteiger partial charge on any atom is 0.338 e. The summed E-state index contributed by atoms with van der Waals surface area (Å²) in [5.74, 6) is -0.180. The number of aliphatic imine (C=N–C) groups is 1. The van der Waals surface area contributed by atoms with E-state index in [0.717, 1.165) is 11.3 Å². The first kappa shape index (κ1) is 18.5. The lowest BCUT2D eigenvalue weighted by molar-refractivity contribution is -0.143. The zero-order chi connectivity index (χ0) is 19.8. The average molecular weight is 396 g/mol. The van der Waals surface area contributed by atoms with Gasteiger partial charge in [0.15, 0.2) is 5.17 Å². The second-order valence-electron chi connectivity index (χ2n) is 6.86. The summed E-state index contributed by atoms with van der Waals surface area (Å²) >= 11 is 1.39. The fourth-order valence-corrected chi connectivity index (χ4v) is 4.28. The molecule has 1 fully saturated rings. The molecular formula is C20H20N4O3S. The molecule has 1 unspecified atom stereocenters. The number of thioether (sulfide) groups is 1. The third kappa shape index (κ3) is 3.24. The standard InChI is InChI=1S/C20H20N4O3S/c1-12(2)27-19(26)17-13(3)22-20-24(16(25)10-28-20)18(17)14-4-6-15(7-5-14)23-9-8-21-11-23/h4-9,11-12,18H,10H2,1-3H3. The Hall–Kier alpha value is -2.87. The predicted molar refractivity (Wildman–Crippen MR) is 107 cm³/mol. The molecule has 0 radical (unpaired) electrons. The van der Waals surface area contributed by atoms with Gasteiger partial charge in [0.25, 0.3) is 0 Å². The van der Waals surface area contributed by atoms with Crippen LogP contribution < -0.4 is 0 Å². The summed E-state index contributed by atoms with van der Waals surface area (Å²) in [4.78, 5) is 35.6. The summed E-state index contributed by atoms with van der Waals surface area (Å²) in [5, 5.41) is 0.632. The molecule has 144 valence electrons. The van der Waals surface area contributed by atoms with Gasteiger partial charge in [0.1, 0.15) is 0 Å². The van der Waals surface area contributed by atoms with Crippen LogP contribution in [-0.4, -0.2) is 43.4 Å². The zero-order valence-corrected chi connectivity index (χ0v) is 16.6. The van der Waals surface area contributed by atoms with Crippen LogP contribution in [0.2, 0.25) is 0 Å². The van der Waals surface area contributed by atoms with Gasteiger partial charge in [-0.25, -0.2) is 14.8 Å². The first-order valence-corrected chi connectivity index (χ1v) is 9.98. The number of amides is 1. The topological polar surface area (TPSA) is 76.8 Å². The van der Waals surface area contributed by atoms with E-state index in [-0.39, 0.29) is 12.0 Å². The zero-order valence-electron chi connectivity index (χ0n) is 15.8. The highest BCUT2D eigenvalue weighted by molar-refractivity contribution is 8.15. The number of nitrogens with zero attached hydrogens (tertiary/aromatic N) is 4. The molecule has 28 heavy (non-hydrogen) atoms. The minimum absolute atomic E-state index is 0.0604. The van der Waals surface area contributed by atoms with Gasteiger partial charge >= 0.3 is 5.97 Å². The van der Waals surface area contributed by atoms with Crippen LogP contribution in [0.3, 0.4) is 0 Å². The largest absolute Gasteiger partial charge is 0.459 e. The summed E-state index contributed by atoms with van der Waals surface area (Å²) in [6, 6.07) is 7.19. The number of carbonyl (C=O) groups excluding carboxylic acids is 2. The van der Waals surface area contributed by atoms with Crippen LogP contribution in [-0.2, 0) is 14.3 Å². The van der Waals surface area contributed by atoms with Crippen molar-refractivity contribution in [2.45, 2.75) is 32.9 Å². The van der Waals surface area contributed by atoms with E-state index in [4.69, 9.17) is 4.74 Å². The maximum atomic E-state index is 12.8. The third-order valence-corrected chi connectivity index (χ3v) is 5.50. The molecule has 0 aliphatic carbocycles. The number of rotatable bonds is 4. The number of amidine groups is 1. The number of benzene rings is 1. The van der Waals surface area contributed by atoms with Gasteiger partial charge in [0.2, 0.25) is 5.91 Å². The van der Waals surface area contributed by atoms with E-state index in [1.165, 1.54) is 11.8 Å². The van der Waals surface area contributed by atoms with E-state index < -0.39 is 12.0 Å². The van der Waals surface area contributed by atoms with Crippen molar-refractivity contribution in [3.8, 4) is 5.69 Å². The molecule has 3 heterocycles. The van der Waals surface area contributed by atoms with Crippen LogP contribution in [0.1, 0.15) is 32.4 Å². The van der Waals surface area contributed by atoms with Gasteiger partial charge in [-0.2, -0.15) is 0 Å². The molecule has 0 spiro atoms. The molecule has 8 heteroatoms. The highest BCUT2D eigenvalue weighted by atomic mass is 32.2. The van der Waals surface area contributed by atoms with Crippen LogP contribution in [0.25, 0.3) is 5.69 Å². The second kappa shape index (κ2) is 7.27. The smallest absolute Gasteiger partial charge is 0.338 e. The fraction of sp³-hybridized carbons (Fsp3) is 0.300. The van der Waals surface area contributed by atoms with Crippen molar-refractivity contribution < 1.29 is 14.3 Å². The Bertz CT molecular complexity index is 977. The van der Waals surface area contributed by atoms with Gasteiger partial charge in [0, 0.05) is 18.1 Å². The van der Waals surface area contributed by atoms with E-state index in [0.29, 0.717) is 22.2 Å². The molecule has 0 saturated carbocycles. The number of hydrogen-bond acceptors (Lipinski definition) is 6. The highest BCUT2D eigenvalue weighted by Gasteiger charge is 2.43. The molecule has 1 aromatic carbocycles. The van der Waals surface area contributed by atoms with E-state index in [1.807, 2.05) is 35.0 Å². The molecule has 0 bridgehead atoms. The third-order valence-electron chi connectivity index (χ3n) is 4.56. The number of allylic oxidation sites excluding steroid dienone is 1. The van der Waals surface area contributed by atoms with E-state index in [9.17, 15) is 9.59 Å². The maximum absolute atomic E-state index is 12.8. The van der Waals surface area contributed by atoms with Crippen LogP contribution in [0.15, 0.2) is 59.2 Å². The second-order valence-corrected chi connectivity index (χ2v) is 7.81. The molecule has 2 aliphatic rings. The van der Waals surface area contributed by atoms with Gasteiger partial charge in [-0.05, 0) is 38.5 Å². The van der Waals surface area contributed by atoms with Crippen LogP contribution >= 0.6 is 11.8 Å². The summed E-state index contributed by atoms with van der Waals surface area (Å²) in [6.45, 7) is 5.39. The number of fused-ring (bicyclic) bond motifs is 1. The minimum atomic E-state index is -0.543. The molecule has 0 N–H and O–H groups in total. The molecule has 1 atom stereocenters. The Balaban J connectivity index is 1.77. The van der Waals surface area contributed by atoms with E-state index in [2.05, 4.69) is 9.98 Å². The van der Waals surface area contributed by atoms with Crippen molar-refractivity contribution in [2.24, 2.45) is 4.99 Å². The molecule has 1 saturated heterocycles. The Kier molecular flexibility index (Phi) is 4.80. The number of carbonyl (C=O) groups is 2. The number of ether oxygens (including phenoxy) is 1. The van der Waals surface area contributed by atoms with Crippen molar-refractivity contribution in [3.05, 3.63) is 59.8 Å². The molecule has 1 aromatic heterocycles. The summed E-state index contributed by atoms with van der Waals surface area (Å²) < 4.78 is 7.35. The first-order chi connectivity index (χ1) is 13.5. The van der Waals surface area contributed by atoms with Crippen LogP contribution in [0.5, 0.6) is 0 Å². The van der Waals surface area contributed by atoms with Crippen molar-refractivity contribution in [2.75, 3.05) is 5.75 Å². The lowest BCUT2D eigenvalue weighted by Gasteiger charge is -2.33. The number of aromatic nitrogens is 2. The molecule has 7 nitrogen and oxygen atoms in total. The van der Waals surface area contributed by atoms with Crippen molar-refractivity contribution in [1.82, 2.24) is 14.5 Å². The predicted octanol–water partition coefficient (Wildman–Crippen LogP) is 3.08. The quantitative estimate of drug-likeness (QED) is 0.743. The number of hydrogen-bond donors (Lipinski definition) is 0. The Morgan fingerprint density at radius 3 is 2.68 bits per heavy atom. The fourth-order valence-electron chi connectivity index (χ4n) is 3.34. The lowest BCUT2D eigenvalue weighted by Crippen LogP contribution is -2.40. The molecule has 4 rings (SSSR count). The van der Waals surface area contributed by atoms with Gasteiger partial charge in [-0.3, -0.25) is 9.69 Å². The van der Waals surface area contributed by atoms with E-state index in [1.54, 1.807) is 38.2 Å². The van der Waals surface area contributed by atoms with E-state index >= 15 is 0 Å². The molecule has 2 aliphatic heterocycles. The number of imidazole rings is 1. The first-order valence-electron chi connectivity index (χ1n) is 8.99. The van der Waals surface area contributed by atoms with Gasteiger partial charge in [-0.15, -0.1) is 0 Å². The normalized spacial score (nSPS) is 19.1. The van der Waals surface area contributed by atoms with Crippen LogP contribution in [0, 0.1) is 0 Å². The SMILES string of the molecule is CC1=C(C(=O)OC(C)C)C(c2ccc(-n3ccnc3)cc2)N2C(=O)CSC2=N1. The summed E-state index contributed by atoms with van der Waals surface area (Å²) in [5.41, 5.74) is 2.77. The Labute approximate surface area is 167 Å². The van der Waals surface area contributed by atoms with Gasteiger partial charge in [-0.1, -0.05) is 23.9 Å². The Morgan fingerprint density at radius 2 is 2.04 bits per heavy atom. The van der Waals surface area contributed by atoms with Gasteiger partial charge in [0.05, 0.1) is 35.5 Å². The molecular weight excluding hydrogens is 376 g/mol. The minimum Gasteiger partial charge on any atom is -0.459 e. The Morgan fingerprint density at radius 1 is 1.29 bits per heavy atom. The average Bonchev–Trinajstić information content (AvgIpc) is 3.31. The summed E-state index contributed by atoms with van der Waals surface area (Å²) in [6.07, 6.45) is 5.03. The molecule has 2 aromatic rings. The van der Waals surface area contributed by atoms with Crippen molar-refractivity contribution in [1.29, 1.82) is 0 Å². The van der Waals surface area contributed by atoms with Crippen LogP contribution in [0.4, 0.5) is 0 Å². The van der Waals surface area contributed by atoms with Crippen molar-refractivity contribution >= 4 is 28.8 Å². The number of esters is 1. The van der Waals surface area contributed by atoms with Gasteiger partial charge < -0.3 is 9.30 Å². The lowest BCUT2D eigenvalue weighted by atomic mass is 9.94. The highest BCUT2D eigenvalue weighted by Crippen LogP contribution is 2.41. The van der Waals surface area contributed by atoms with Crippen molar-refractivity contribution in [3.63, 3.8) is 0 Å². The monoisotopic (exact) mass is 396 g/mol. The summed E-state index contributed by atoms with van der Waals surface area (Å²) in [7, 11) is 0. The molecule has 1 amide bonds.